The van der Waals surface area contributed by atoms with E-state index in [0.717, 1.165) is 11.1 Å². The molecule has 9 heteroatoms. The van der Waals surface area contributed by atoms with E-state index in [1.807, 2.05) is 48.5 Å². The summed E-state index contributed by atoms with van der Waals surface area (Å²) in [7, 11) is 1.59. The Morgan fingerprint density at radius 3 is 2.53 bits per heavy atom. The molecular formula is C25H26ClN5O3. The fraction of sp³-hybridized carbons (Fsp3) is 0.280. The number of fused-ring (bicyclic) bond motifs is 1. The molecule has 0 saturated heterocycles. The van der Waals surface area contributed by atoms with Gasteiger partial charge in [-0.1, -0.05) is 60.1 Å². The smallest absolute Gasteiger partial charge is 0.272 e. The lowest BCUT2D eigenvalue weighted by Gasteiger charge is -2.40. The number of hydrogen-bond acceptors (Lipinski definition) is 4. The average Bonchev–Trinajstić information content (AvgIpc) is 3.27. The van der Waals surface area contributed by atoms with Crippen LogP contribution in [0.4, 0.5) is 0 Å². The van der Waals surface area contributed by atoms with Gasteiger partial charge in [-0.3, -0.25) is 19.1 Å². The predicted octanol–water partition coefficient (Wildman–Crippen LogP) is 2.67. The van der Waals surface area contributed by atoms with E-state index in [1.54, 1.807) is 20.0 Å². The summed E-state index contributed by atoms with van der Waals surface area (Å²) in [6.45, 7) is 2.55. The second-order valence-corrected chi connectivity index (χ2v) is 8.88. The summed E-state index contributed by atoms with van der Waals surface area (Å²) in [5.41, 5.74) is 1.14. The Labute approximate surface area is 202 Å². The number of amides is 3. The Hall–Kier alpha value is -3.65. The van der Waals surface area contributed by atoms with E-state index in [9.17, 15) is 14.4 Å². The summed E-state index contributed by atoms with van der Waals surface area (Å²) in [6, 6.07) is 18.5. The van der Waals surface area contributed by atoms with E-state index in [2.05, 4.69) is 15.7 Å². The standard InChI is InChI=1S/C25H26ClN5O3/c1-25(24(34)28-15-17-8-4-3-5-9-17)16-31-21(23(33)30(25)2)14-20(29-31)22(32)27-13-12-18-10-6-7-11-19(18)26/h3-11,14H,12-13,15-16H2,1-2H3,(H,27,32)(H,28,34)/t25-/m0/s1. The maximum Gasteiger partial charge on any atom is 0.272 e. The lowest BCUT2D eigenvalue weighted by atomic mass is 9.96. The molecule has 1 aliphatic heterocycles. The third-order valence-electron chi connectivity index (χ3n) is 6.16. The predicted molar refractivity (Wildman–Crippen MR) is 129 cm³/mol. The monoisotopic (exact) mass is 479 g/mol. The average molecular weight is 480 g/mol. The van der Waals surface area contributed by atoms with Crippen molar-refractivity contribution in [1.29, 1.82) is 0 Å². The fourth-order valence-electron chi connectivity index (χ4n) is 3.91. The third-order valence-corrected chi connectivity index (χ3v) is 6.53. The molecule has 0 radical (unpaired) electrons. The van der Waals surface area contributed by atoms with E-state index < -0.39 is 5.54 Å². The van der Waals surface area contributed by atoms with Crippen molar-refractivity contribution in [3.8, 4) is 0 Å². The third kappa shape index (κ3) is 4.68. The Morgan fingerprint density at radius 1 is 1.09 bits per heavy atom. The summed E-state index contributed by atoms with van der Waals surface area (Å²) in [6.07, 6.45) is 0.570. The molecular weight excluding hydrogens is 454 g/mol. The van der Waals surface area contributed by atoms with Crippen LogP contribution < -0.4 is 10.6 Å². The molecule has 3 aromatic rings. The largest absolute Gasteiger partial charge is 0.350 e. The van der Waals surface area contributed by atoms with E-state index in [0.29, 0.717) is 24.5 Å². The van der Waals surface area contributed by atoms with Gasteiger partial charge in [0.15, 0.2) is 5.69 Å². The van der Waals surface area contributed by atoms with Gasteiger partial charge in [-0.25, -0.2) is 0 Å². The molecule has 0 aliphatic carbocycles. The molecule has 2 N–H and O–H groups in total. The highest BCUT2D eigenvalue weighted by molar-refractivity contribution is 6.31. The first-order valence-corrected chi connectivity index (χ1v) is 11.4. The van der Waals surface area contributed by atoms with Gasteiger partial charge in [-0.2, -0.15) is 5.10 Å². The number of likely N-dealkylation sites (N-methyl/N-ethyl adjacent to an activating group) is 1. The zero-order valence-electron chi connectivity index (χ0n) is 19.0. The van der Waals surface area contributed by atoms with Crippen molar-refractivity contribution in [2.75, 3.05) is 13.6 Å². The minimum absolute atomic E-state index is 0.129. The number of carbonyl (C=O) groups excluding carboxylic acids is 3. The van der Waals surface area contributed by atoms with E-state index >= 15 is 0 Å². The molecule has 34 heavy (non-hydrogen) atoms. The molecule has 0 spiro atoms. The zero-order valence-corrected chi connectivity index (χ0v) is 19.8. The topological polar surface area (TPSA) is 96.3 Å². The first-order valence-electron chi connectivity index (χ1n) is 11.0. The maximum atomic E-state index is 13.1. The number of aromatic nitrogens is 2. The fourth-order valence-corrected chi connectivity index (χ4v) is 4.14. The van der Waals surface area contributed by atoms with Gasteiger partial charge >= 0.3 is 0 Å². The quantitative estimate of drug-likeness (QED) is 0.544. The molecule has 1 atom stereocenters. The Kier molecular flexibility index (Phi) is 6.70. The first-order chi connectivity index (χ1) is 16.3. The highest BCUT2D eigenvalue weighted by atomic mass is 35.5. The van der Waals surface area contributed by atoms with Gasteiger partial charge in [0.25, 0.3) is 11.8 Å². The van der Waals surface area contributed by atoms with Gasteiger partial charge in [-0.15, -0.1) is 0 Å². The van der Waals surface area contributed by atoms with Gasteiger partial charge in [0.2, 0.25) is 5.91 Å². The normalized spacial score (nSPS) is 17.3. The number of rotatable bonds is 7. The van der Waals surface area contributed by atoms with Gasteiger partial charge in [0, 0.05) is 31.2 Å². The maximum absolute atomic E-state index is 13.1. The van der Waals surface area contributed by atoms with Gasteiger partial charge < -0.3 is 15.5 Å². The first kappa shape index (κ1) is 23.5. The number of nitrogens with zero attached hydrogens (tertiary/aromatic N) is 3. The Morgan fingerprint density at radius 2 is 1.79 bits per heavy atom. The van der Waals surface area contributed by atoms with E-state index in [1.165, 1.54) is 15.6 Å². The van der Waals surface area contributed by atoms with E-state index in [-0.39, 0.29) is 35.7 Å². The highest BCUT2D eigenvalue weighted by Crippen LogP contribution is 2.26. The van der Waals surface area contributed by atoms with Gasteiger partial charge in [0.05, 0.1) is 6.54 Å². The summed E-state index contributed by atoms with van der Waals surface area (Å²) >= 11 is 6.16. The highest BCUT2D eigenvalue weighted by Gasteiger charge is 2.46. The number of halogens is 1. The summed E-state index contributed by atoms with van der Waals surface area (Å²) in [4.78, 5) is 40.2. The molecule has 0 bridgehead atoms. The zero-order chi connectivity index (χ0) is 24.3. The van der Waals surface area contributed by atoms with Gasteiger partial charge in [0.1, 0.15) is 11.2 Å². The van der Waals surface area contributed by atoms with E-state index in [4.69, 9.17) is 11.6 Å². The number of benzene rings is 2. The molecule has 0 fully saturated rings. The lowest BCUT2D eigenvalue weighted by Crippen LogP contribution is -2.62. The van der Waals surface area contributed by atoms with Crippen molar-refractivity contribution >= 4 is 29.3 Å². The molecule has 0 saturated carbocycles. The minimum atomic E-state index is -1.15. The van der Waals surface area contributed by atoms with Gasteiger partial charge in [-0.05, 0) is 30.5 Å². The van der Waals surface area contributed by atoms with Crippen LogP contribution in [-0.4, -0.2) is 51.5 Å². The van der Waals surface area contributed by atoms with Crippen LogP contribution >= 0.6 is 11.6 Å². The number of hydrogen-bond donors (Lipinski definition) is 2. The van der Waals surface area contributed by atoms with Crippen LogP contribution in [0.1, 0.15) is 39.0 Å². The molecule has 176 valence electrons. The summed E-state index contributed by atoms with van der Waals surface area (Å²) in [5, 5.41) is 10.7. The summed E-state index contributed by atoms with van der Waals surface area (Å²) in [5.74, 6) is -1.05. The van der Waals surface area contributed by atoms with Crippen LogP contribution in [0.2, 0.25) is 5.02 Å². The lowest BCUT2D eigenvalue weighted by molar-refractivity contribution is -0.132. The molecule has 4 rings (SSSR count). The van der Waals surface area contributed by atoms with Crippen LogP contribution in [0.5, 0.6) is 0 Å². The van der Waals surface area contributed by atoms with Crippen molar-refractivity contribution < 1.29 is 14.4 Å². The molecule has 1 aliphatic rings. The van der Waals surface area contributed by atoms with Crippen molar-refractivity contribution in [3.63, 3.8) is 0 Å². The van der Waals surface area contributed by atoms with Crippen molar-refractivity contribution in [3.05, 3.63) is 88.2 Å². The molecule has 2 heterocycles. The van der Waals surface area contributed by atoms with Crippen LogP contribution in [-0.2, 0) is 24.3 Å². The number of nitrogens with one attached hydrogen (secondary N) is 2. The minimum Gasteiger partial charge on any atom is -0.350 e. The SMILES string of the molecule is CN1C(=O)c2cc(C(=O)NCCc3ccccc3Cl)nn2C[C@@]1(C)C(=O)NCc1ccccc1. The summed E-state index contributed by atoms with van der Waals surface area (Å²) < 4.78 is 1.44. The van der Waals surface area contributed by atoms with Crippen LogP contribution in [0.15, 0.2) is 60.7 Å². The van der Waals surface area contributed by atoms with Crippen LogP contribution in [0.25, 0.3) is 0 Å². The molecule has 3 amide bonds. The molecule has 0 unspecified atom stereocenters. The Balaban J connectivity index is 1.43. The van der Waals surface area contributed by atoms with Crippen LogP contribution in [0, 0.1) is 0 Å². The van der Waals surface area contributed by atoms with Crippen LogP contribution in [0.3, 0.4) is 0 Å². The van der Waals surface area contributed by atoms with Crippen molar-refractivity contribution in [1.82, 2.24) is 25.3 Å². The Bertz CT molecular complexity index is 1230. The number of carbonyl (C=O) groups is 3. The second-order valence-electron chi connectivity index (χ2n) is 8.48. The molecule has 8 nitrogen and oxygen atoms in total. The molecule has 2 aromatic carbocycles. The van der Waals surface area contributed by atoms with Crippen molar-refractivity contribution in [2.24, 2.45) is 0 Å². The van der Waals surface area contributed by atoms with Crippen molar-refractivity contribution in [2.45, 2.75) is 32.0 Å². The molecule has 1 aromatic heterocycles. The second kappa shape index (κ2) is 9.69.